The number of hydrogen-bond acceptors (Lipinski definition) is 5. The number of carboxylic acids is 1. The zero-order valence-electron chi connectivity index (χ0n) is 8.73. The predicted octanol–water partition coefficient (Wildman–Crippen LogP) is -0.0398. The molecular formula is C10H13NO5. The molecule has 16 heavy (non-hydrogen) atoms. The highest BCUT2D eigenvalue weighted by Crippen LogP contribution is 2.33. The van der Waals surface area contributed by atoms with E-state index >= 15 is 0 Å². The Morgan fingerprint density at radius 1 is 1.44 bits per heavy atom. The summed E-state index contributed by atoms with van der Waals surface area (Å²) in [5, 5.41) is 27.1. The Hall–Kier alpha value is -1.79. The second kappa shape index (κ2) is 4.82. The Morgan fingerprint density at radius 3 is 2.44 bits per heavy atom. The number of carboxylic acid groups (broad SMARTS) is 1. The Balaban J connectivity index is 3.54. The van der Waals surface area contributed by atoms with Crippen LogP contribution in [0.1, 0.15) is 21.5 Å². The van der Waals surface area contributed by atoms with Gasteiger partial charge in [0.05, 0.1) is 31.6 Å². The van der Waals surface area contributed by atoms with Crippen LogP contribution in [0.5, 0.6) is 5.75 Å². The Kier molecular flexibility index (Phi) is 3.70. The molecule has 6 nitrogen and oxygen atoms in total. The minimum Gasteiger partial charge on any atom is -0.494 e. The van der Waals surface area contributed by atoms with E-state index in [9.17, 15) is 4.79 Å². The van der Waals surface area contributed by atoms with Crippen molar-refractivity contribution in [3.05, 3.63) is 22.8 Å². The normalized spacial score (nSPS) is 10.2. The van der Waals surface area contributed by atoms with E-state index in [4.69, 9.17) is 25.8 Å². The Bertz CT molecular complexity index is 416. The van der Waals surface area contributed by atoms with Crippen LogP contribution < -0.4 is 10.5 Å². The molecule has 0 aliphatic heterocycles. The molecule has 6 heteroatoms. The number of aliphatic hydroxyl groups excluding tert-OH is 2. The molecule has 0 saturated heterocycles. The number of methoxy groups -OCH3 is 1. The van der Waals surface area contributed by atoms with E-state index in [2.05, 4.69) is 0 Å². The minimum atomic E-state index is -1.21. The molecule has 0 aromatic heterocycles. The summed E-state index contributed by atoms with van der Waals surface area (Å²) in [6.45, 7) is -0.782. The van der Waals surface area contributed by atoms with Crippen molar-refractivity contribution in [3.8, 4) is 5.75 Å². The van der Waals surface area contributed by atoms with E-state index in [0.29, 0.717) is 5.56 Å². The van der Waals surface area contributed by atoms with Gasteiger partial charge in [-0.15, -0.1) is 0 Å². The van der Waals surface area contributed by atoms with Crippen LogP contribution in [0.25, 0.3) is 0 Å². The van der Waals surface area contributed by atoms with Gasteiger partial charge in [-0.25, -0.2) is 4.79 Å². The first-order valence-corrected chi connectivity index (χ1v) is 4.50. The molecule has 0 saturated carbocycles. The largest absolute Gasteiger partial charge is 0.494 e. The quantitative estimate of drug-likeness (QED) is 0.537. The molecule has 88 valence electrons. The number of anilines is 1. The Morgan fingerprint density at radius 2 is 2.06 bits per heavy atom. The average Bonchev–Trinajstić information content (AvgIpc) is 2.27. The molecule has 0 spiro atoms. The van der Waals surface area contributed by atoms with Crippen molar-refractivity contribution in [2.24, 2.45) is 0 Å². The lowest BCUT2D eigenvalue weighted by molar-refractivity contribution is 0.0697. The zero-order valence-corrected chi connectivity index (χ0v) is 8.73. The van der Waals surface area contributed by atoms with Crippen LogP contribution in [0.4, 0.5) is 5.69 Å². The van der Waals surface area contributed by atoms with Crippen molar-refractivity contribution >= 4 is 11.7 Å². The molecule has 0 atom stereocenters. The highest BCUT2D eigenvalue weighted by Gasteiger charge is 2.19. The molecule has 0 aliphatic rings. The summed E-state index contributed by atoms with van der Waals surface area (Å²) >= 11 is 0. The van der Waals surface area contributed by atoms with Gasteiger partial charge in [0.25, 0.3) is 0 Å². The number of aromatic carboxylic acids is 1. The van der Waals surface area contributed by atoms with E-state index < -0.39 is 12.6 Å². The summed E-state index contributed by atoms with van der Waals surface area (Å²) in [4.78, 5) is 10.9. The van der Waals surface area contributed by atoms with Crippen LogP contribution in [-0.4, -0.2) is 28.4 Å². The van der Waals surface area contributed by atoms with Crippen molar-refractivity contribution in [2.45, 2.75) is 13.2 Å². The summed E-state index contributed by atoms with van der Waals surface area (Å²) in [6.07, 6.45) is 0. The van der Waals surface area contributed by atoms with Crippen LogP contribution in [0.2, 0.25) is 0 Å². The Labute approximate surface area is 91.9 Å². The third-order valence-corrected chi connectivity index (χ3v) is 2.28. The van der Waals surface area contributed by atoms with Crippen molar-refractivity contribution in [3.63, 3.8) is 0 Å². The molecule has 1 aromatic carbocycles. The van der Waals surface area contributed by atoms with Gasteiger partial charge in [-0.2, -0.15) is 0 Å². The number of ether oxygens (including phenoxy) is 1. The number of carbonyl (C=O) groups is 1. The molecule has 0 heterocycles. The third-order valence-electron chi connectivity index (χ3n) is 2.28. The van der Waals surface area contributed by atoms with Crippen LogP contribution in [0, 0.1) is 0 Å². The smallest absolute Gasteiger partial charge is 0.337 e. The molecule has 1 rings (SSSR count). The van der Waals surface area contributed by atoms with E-state index in [-0.39, 0.29) is 29.2 Å². The van der Waals surface area contributed by atoms with Gasteiger partial charge in [-0.05, 0) is 11.6 Å². The summed E-state index contributed by atoms with van der Waals surface area (Å²) in [6, 6.07) is 1.23. The minimum absolute atomic E-state index is 0.0590. The second-order valence-corrected chi connectivity index (χ2v) is 3.13. The van der Waals surface area contributed by atoms with Crippen molar-refractivity contribution in [1.29, 1.82) is 0 Å². The van der Waals surface area contributed by atoms with Gasteiger partial charge >= 0.3 is 5.97 Å². The van der Waals surface area contributed by atoms with Crippen molar-refractivity contribution in [2.75, 3.05) is 12.8 Å². The molecule has 0 fully saturated rings. The topological polar surface area (TPSA) is 113 Å². The molecule has 0 radical (unpaired) electrons. The molecule has 0 unspecified atom stereocenters. The second-order valence-electron chi connectivity index (χ2n) is 3.13. The van der Waals surface area contributed by atoms with Gasteiger partial charge in [0.2, 0.25) is 0 Å². The lowest BCUT2D eigenvalue weighted by Crippen LogP contribution is -2.09. The maximum absolute atomic E-state index is 10.9. The highest BCUT2D eigenvalue weighted by molar-refractivity contribution is 5.96. The summed E-state index contributed by atoms with van der Waals surface area (Å²) in [5.74, 6) is -1.12. The molecule has 1 aromatic rings. The maximum atomic E-state index is 10.9. The van der Waals surface area contributed by atoms with Gasteiger partial charge in [-0.3, -0.25) is 0 Å². The third kappa shape index (κ3) is 1.93. The van der Waals surface area contributed by atoms with E-state index in [1.165, 1.54) is 13.2 Å². The van der Waals surface area contributed by atoms with Crippen molar-refractivity contribution < 1.29 is 24.9 Å². The maximum Gasteiger partial charge on any atom is 0.337 e. The molecule has 0 bridgehead atoms. The number of nitrogen functional groups attached to an aromatic ring is 1. The molecule has 0 aliphatic carbocycles. The number of hydrogen-bond donors (Lipinski definition) is 4. The molecular weight excluding hydrogens is 214 g/mol. The zero-order chi connectivity index (χ0) is 12.3. The summed E-state index contributed by atoms with van der Waals surface area (Å²) in [5.41, 5.74) is 5.96. The molecule has 5 N–H and O–H groups in total. The van der Waals surface area contributed by atoms with Gasteiger partial charge in [-0.1, -0.05) is 0 Å². The first-order chi connectivity index (χ1) is 7.56. The number of nitrogens with two attached hydrogens (primary N) is 1. The van der Waals surface area contributed by atoms with Gasteiger partial charge in [0, 0.05) is 5.56 Å². The highest BCUT2D eigenvalue weighted by atomic mass is 16.5. The number of rotatable bonds is 4. The molecule has 0 amide bonds. The first-order valence-electron chi connectivity index (χ1n) is 4.50. The lowest BCUT2D eigenvalue weighted by Gasteiger charge is -2.15. The van der Waals surface area contributed by atoms with Gasteiger partial charge in [0.1, 0.15) is 5.75 Å². The number of aliphatic hydroxyl groups is 2. The van der Waals surface area contributed by atoms with Gasteiger partial charge < -0.3 is 25.8 Å². The van der Waals surface area contributed by atoms with E-state index in [0.717, 1.165) is 0 Å². The lowest BCUT2D eigenvalue weighted by atomic mass is 10.0. The summed E-state index contributed by atoms with van der Waals surface area (Å²) in [7, 11) is 1.32. The van der Waals surface area contributed by atoms with Gasteiger partial charge in [0.15, 0.2) is 0 Å². The van der Waals surface area contributed by atoms with E-state index in [1.807, 2.05) is 0 Å². The fraction of sp³-hybridized carbons (Fsp3) is 0.300. The van der Waals surface area contributed by atoms with Crippen LogP contribution >= 0.6 is 0 Å². The monoisotopic (exact) mass is 227 g/mol. The van der Waals surface area contributed by atoms with Crippen LogP contribution in [0.3, 0.4) is 0 Å². The average molecular weight is 227 g/mol. The summed E-state index contributed by atoms with van der Waals surface area (Å²) < 4.78 is 4.94. The van der Waals surface area contributed by atoms with Crippen LogP contribution in [-0.2, 0) is 13.2 Å². The van der Waals surface area contributed by atoms with Crippen LogP contribution in [0.15, 0.2) is 6.07 Å². The standard InChI is InChI=1S/C10H13NO5/c1-16-9-7(4-13)5(3-12)2-6(8(9)11)10(14)15/h2,12-13H,3-4,11H2,1H3,(H,14,15). The number of benzene rings is 1. The SMILES string of the molecule is COc1c(N)c(C(=O)O)cc(CO)c1CO. The fourth-order valence-corrected chi connectivity index (χ4v) is 1.49. The predicted molar refractivity (Wildman–Crippen MR) is 56.2 cm³/mol. The fourth-order valence-electron chi connectivity index (χ4n) is 1.49. The first kappa shape index (κ1) is 12.3. The van der Waals surface area contributed by atoms with E-state index in [1.54, 1.807) is 0 Å². The van der Waals surface area contributed by atoms with Crippen molar-refractivity contribution in [1.82, 2.24) is 0 Å².